The summed E-state index contributed by atoms with van der Waals surface area (Å²) in [6.45, 7) is 3.77. The van der Waals surface area contributed by atoms with Crippen LogP contribution in [0.2, 0.25) is 0 Å². The fourth-order valence-electron chi connectivity index (χ4n) is 6.87. The van der Waals surface area contributed by atoms with Gasteiger partial charge >= 0.3 is 19.8 Å². The summed E-state index contributed by atoms with van der Waals surface area (Å²) in [5.74, 6) is -0.820. The number of unbranched alkanes of at least 4 members (excludes halogenated alkanes) is 30. The average molecular weight is 816 g/mol. The monoisotopic (exact) mass is 816 g/mol. The van der Waals surface area contributed by atoms with Gasteiger partial charge in [-0.1, -0.05) is 199 Å². The zero-order valence-electron chi connectivity index (χ0n) is 36.6. The number of ether oxygens (including phenoxy) is 2. The quantitative estimate of drug-likeness (QED) is 0.0266. The van der Waals surface area contributed by atoms with Crippen LogP contribution in [0.4, 0.5) is 0 Å². The number of phosphoric ester groups is 1. The second kappa shape index (κ2) is 43.3. The maximum absolute atomic E-state index is 12.6. The smallest absolute Gasteiger partial charge is 0.462 e. The number of esters is 2. The molecule has 0 saturated carbocycles. The predicted octanol–water partition coefficient (Wildman–Crippen LogP) is 13.8. The fourth-order valence-corrected chi connectivity index (χ4v) is 7.63. The number of nitrogens with two attached hydrogens (primary N) is 1. The van der Waals surface area contributed by atoms with Crippen molar-refractivity contribution in [2.75, 3.05) is 26.4 Å². The summed E-state index contributed by atoms with van der Waals surface area (Å²) < 4.78 is 32.9. The summed E-state index contributed by atoms with van der Waals surface area (Å²) in [5, 5.41) is 0. The lowest BCUT2D eigenvalue weighted by atomic mass is 10.0. The van der Waals surface area contributed by atoms with Crippen molar-refractivity contribution in [2.24, 2.45) is 5.73 Å². The van der Waals surface area contributed by atoms with Gasteiger partial charge in [-0.25, -0.2) is 4.57 Å². The number of carbonyl (C=O) groups excluding carboxylic acids is 2. The van der Waals surface area contributed by atoms with E-state index in [1.165, 1.54) is 173 Å². The molecule has 0 bridgehead atoms. The third-order valence-corrected chi connectivity index (χ3v) is 11.4. The second-order valence-electron chi connectivity index (χ2n) is 16.0. The van der Waals surface area contributed by atoms with E-state index in [1.54, 1.807) is 0 Å². The van der Waals surface area contributed by atoms with E-state index in [-0.39, 0.29) is 38.6 Å². The zero-order valence-corrected chi connectivity index (χ0v) is 37.5. The largest absolute Gasteiger partial charge is 0.472 e. The molecule has 0 aliphatic heterocycles. The Kier molecular flexibility index (Phi) is 42.4. The second-order valence-corrected chi connectivity index (χ2v) is 17.4. The topological polar surface area (TPSA) is 134 Å². The highest BCUT2D eigenvalue weighted by Crippen LogP contribution is 2.43. The molecule has 0 aliphatic carbocycles. The van der Waals surface area contributed by atoms with Crippen LogP contribution in [0.1, 0.15) is 239 Å². The average Bonchev–Trinajstić information content (AvgIpc) is 3.18. The molecule has 0 aliphatic rings. The SMILES string of the molecule is CCCCCCCC/C=C/CCCCCCCCCC(=O)OC[C@H](COP(=O)(O)OCCN)OC(=O)CCCCCCCCCCCCCCCCCCCC. The van der Waals surface area contributed by atoms with E-state index in [1.807, 2.05) is 0 Å². The lowest BCUT2D eigenvalue weighted by Gasteiger charge is -2.19. The standard InChI is InChI=1S/C46H90NO8P/c1-3-5-7-9-11-13-15-17-19-21-23-25-27-29-31-33-35-37-39-46(49)55-44(43-54-56(50,51)53-41-40-47)42-52-45(48)38-36-34-32-30-28-26-24-22-20-18-16-14-12-10-8-6-4-2/h18,20,44H,3-17,19,21-43,47H2,1-2H3,(H,50,51)/b20-18+/t44-/m1/s1. The van der Waals surface area contributed by atoms with Gasteiger partial charge in [0.1, 0.15) is 6.61 Å². The van der Waals surface area contributed by atoms with E-state index in [0.717, 1.165) is 32.1 Å². The van der Waals surface area contributed by atoms with Crippen molar-refractivity contribution in [3.63, 3.8) is 0 Å². The van der Waals surface area contributed by atoms with Crippen LogP contribution in [0.5, 0.6) is 0 Å². The molecule has 56 heavy (non-hydrogen) atoms. The first-order valence-electron chi connectivity index (χ1n) is 23.7. The number of hydrogen-bond donors (Lipinski definition) is 2. The number of rotatable bonds is 45. The van der Waals surface area contributed by atoms with E-state index in [2.05, 4.69) is 26.0 Å². The predicted molar refractivity (Wildman–Crippen MR) is 234 cm³/mol. The van der Waals surface area contributed by atoms with Crippen LogP contribution in [0, 0.1) is 0 Å². The fraction of sp³-hybridized carbons (Fsp3) is 0.913. The number of carbonyl (C=O) groups is 2. The molecule has 0 radical (unpaired) electrons. The van der Waals surface area contributed by atoms with Gasteiger partial charge in [-0.05, 0) is 38.5 Å². The van der Waals surface area contributed by atoms with Crippen LogP contribution in [0.3, 0.4) is 0 Å². The number of hydrogen-bond acceptors (Lipinski definition) is 8. The Morgan fingerprint density at radius 3 is 1.27 bits per heavy atom. The van der Waals surface area contributed by atoms with Crippen molar-refractivity contribution in [2.45, 2.75) is 245 Å². The van der Waals surface area contributed by atoms with Crippen molar-refractivity contribution in [3.05, 3.63) is 12.2 Å². The first kappa shape index (κ1) is 54.8. The summed E-state index contributed by atoms with van der Waals surface area (Å²) in [5.41, 5.74) is 5.36. The normalized spacial score (nSPS) is 13.3. The van der Waals surface area contributed by atoms with Gasteiger partial charge in [0.25, 0.3) is 0 Å². The van der Waals surface area contributed by atoms with Crippen LogP contribution in [-0.4, -0.2) is 49.3 Å². The maximum Gasteiger partial charge on any atom is 0.472 e. The molecule has 0 spiro atoms. The van der Waals surface area contributed by atoms with E-state index >= 15 is 0 Å². The number of allylic oxidation sites excluding steroid dienone is 2. The van der Waals surface area contributed by atoms with Crippen LogP contribution in [0.15, 0.2) is 12.2 Å². The third kappa shape index (κ3) is 42.4. The highest BCUT2D eigenvalue weighted by Gasteiger charge is 2.26. The van der Waals surface area contributed by atoms with Crippen LogP contribution in [-0.2, 0) is 32.7 Å². The molecule has 0 fully saturated rings. The Labute approximate surface area is 345 Å². The van der Waals surface area contributed by atoms with Crippen molar-refractivity contribution in [1.82, 2.24) is 0 Å². The highest BCUT2D eigenvalue weighted by molar-refractivity contribution is 7.47. The van der Waals surface area contributed by atoms with Crippen LogP contribution in [0.25, 0.3) is 0 Å². The molecule has 1 unspecified atom stereocenters. The molecule has 0 saturated heterocycles. The van der Waals surface area contributed by atoms with Gasteiger partial charge in [0.15, 0.2) is 6.10 Å². The summed E-state index contributed by atoms with van der Waals surface area (Å²) in [6.07, 6.45) is 45.2. The Balaban J connectivity index is 4.07. The Morgan fingerprint density at radius 1 is 0.518 bits per heavy atom. The Morgan fingerprint density at radius 2 is 0.875 bits per heavy atom. The van der Waals surface area contributed by atoms with Crippen LogP contribution < -0.4 is 5.73 Å². The highest BCUT2D eigenvalue weighted by atomic mass is 31.2. The van der Waals surface area contributed by atoms with Gasteiger partial charge in [-0.15, -0.1) is 0 Å². The molecule has 0 aromatic carbocycles. The van der Waals surface area contributed by atoms with Crippen molar-refractivity contribution >= 4 is 19.8 Å². The van der Waals surface area contributed by atoms with Crippen LogP contribution >= 0.6 is 7.82 Å². The van der Waals surface area contributed by atoms with Crippen molar-refractivity contribution in [1.29, 1.82) is 0 Å². The minimum absolute atomic E-state index is 0.0559. The Bertz CT molecular complexity index is 933. The van der Waals surface area contributed by atoms with E-state index in [4.69, 9.17) is 24.3 Å². The van der Waals surface area contributed by atoms with E-state index in [9.17, 15) is 19.0 Å². The van der Waals surface area contributed by atoms with Crippen molar-refractivity contribution in [3.8, 4) is 0 Å². The molecule has 3 N–H and O–H groups in total. The molecular weight excluding hydrogens is 725 g/mol. The molecule has 9 nitrogen and oxygen atoms in total. The minimum Gasteiger partial charge on any atom is -0.462 e. The van der Waals surface area contributed by atoms with E-state index < -0.39 is 26.5 Å². The molecule has 10 heteroatoms. The molecular formula is C46H90NO8P. The Hall–Kier alpha value is -1.25. The van der Waals surface area contributed by atoms with Gasteiger partial charge < -0.3 is 20.1 Å². The first-order chi connectivity index (χ1) is 27.3. The lowest BCUT2D eigenvalue weighted by molar-refractivity contribution is -0.161. The molecule has 0 rings (SSSR count). The summed E-state index contributed by atoms with van der Waals surface area (Å²) >= 11 is 0. The molecule has 0 heterocycles. The van der Waals surface area contributed by atoms with Gasteiger partial charge in [0.05, 0.1) is 13.2 Å². The van der Waals surface area contributed by atoms with Gasteiger partial charge in [0, 0.05) is 19.4 Å². The minimum atomic E-state index is -4.37. The van der Waals surface area contributed by atoms with Gasteiger partial charge in [0.2, 0.25) is 0 Å². The van der Waals surface area contributed by atoms with Gasteiger partial charge in [-0.2, -0.15) is 0 Å². The maximum atomic E-state index is 12.6. The zero-order chi connectivity index (χ0) is 41.1. The van der Waals surface area contributed by atoms with E-state index in [0.29, 0.717) is 6.42 Å². The third-order valence-electron chi connectivity index (χ3n) is 10.4. The van der Waals surface area contributed by atoms with Crippen molar-refractivity contribution < 1.29 is 37.6 Å². The molecule has 0 amide bonds. The summed E-state index contributed by atoms with van der Waals surface area (Å²) in [4.78, 5) is 34.9. The summed E-state index contributed by atoms with van der Waals surface area (Å²) in [7, 11) is -4.37. The molecule has 0 aromatic heterocycles. The lowest BCUT2D eigenvalue weighted by Crippen LogP contribution is -2.29. The molecule has 2 atom stereocenters. The number of phosphoric acid groups is 1. The molecule has 332 valence electrons. The first-order valence-corrected chi connectivity index (χ1v) is 25.2. The van der Waals surface area contributed by atoms with Gasteiger partial charge in [-0.3, -0.25) is 18.6 Å². The molecule has 0 aromatic rings. The summed E-state index contributed by atoms with van der Waals surface area (Å²) in [6, 6.07) is 0.